The predicted molar refractivity (Wildman–Crippen MR) is 69.4 cm³/mol. The second-order valence-electron chi connectivity index (χ2n) is 4.43. The lowest BCUT2D eigenvalue weighted by atomic mass is 10.1. The standard InChI is InChI=1S/C13H15BrN2/c1-9(10-6-7-10)16(2)13-5-3-4-12(14)11(13)8-15/h3-5,9-10H,6-7H2,1-2H3. The second-order valence-corrected chi connectivity index (χ2v) is 5.29. The molecule has 1 aliphatic rings. The van der Waals surface area contributed by atoms with Crippen LogP contribution in [0.15, 0.2) is 22.7 Å². The summed E-state index contributed by atoms with van der Waals surface area (Å²) in [6, 6.07) is 8.70. The van der Waals surface area contributed by atoms with Gasteiger partial charge >= 0.3 is 0 Å². The molecular weight excluding hydrogens is 264 g/mol. The minimum absolute atomic E-state index is 0.515. The number of benzene rings is 1. The number of halogens is 1. The number of nitriles is 1. The van der Waals surface area contributed by atoms with Gasteiger partial charge in [0.25, 0.3) is 0 Å². The van der Waals surface area contributed by atoms with Gasteiger partial charge in [-0.25, -0.2) is 0 Å². The summed E-state index contributed by atoms with van der Waals surface area (Å²) < 4.78 is 0.877. The second kappa shape index (κ2) is 4.47. The predicted octanol–water partition coefficient (Wildman–Crippen LogP) is 3.56. The first-order valence-corrected chi connectivity index (χ1v) is 6.36. The highest BCUT2D eigenvalue weighted by Crippen LogP contribution is 2.37. The number of nitrogens with zero attached hydrogens (tertiary/aromatic N) is 2. The van der Waals surface area contributed by atoms with Crippen LogP contribution in [0.4, 0.5) is 5.69 Å². The van der Waals surface area contributed by atoms with E-state index < -0.39 is 0 Å². The molecule has 3 heteroatoms. The van der Waals surface area contributed by atoms with Gasteiger partial charge in [0.2, 0.25) is 0 Å². The highest BCUT2D eigenvalue weighted by atomic mass is 79.9. The Kier molecular flexibility index (Phi) is 3.20. The van der Waals surface area contributed by atoms with Gasteiger partial charge in [-0.1, -0.05) is 6.07 Å². The van der Waals surface area contributed by atoms with Crippen molar-refractivity contribution >= 4 is 21.6 Å². The molecule has 0 radical (unpaired) electrons. The Morgan fingerprint density at radius 1 is 1.50 bits per heavy atom. The minimum atomic E-state index is 0.515. The first-order chi connectivity index (χ1) is 7.65. The fraction of sp³-hybridized carbons (Fsp3) is 0.462. The topological polar surface area (TPSA) is 27.0 Å². The van der Waals surface area contributed by atoms with E-state index in [0.717, 1.165) is 21.6 Å². The molecule has 0 bridgehead atoms. The lowest BCUT2D eigenvalue weighted by molar-refractivity contribution is 0.609. The third kappa shape index (κ3) is 2.08. The van der Waals surface area contributed by atoms with Crippen molar-refractivity contribution in [2.24, 2.45) is 5.92 Å². The van der Waals surface area contributed by atoms with Crippen molar-refractivity contribution in [2.75, 3.05) is 11.9 Å². The molecule has 0 aromatic heterocycles. The number of hydrogen-bond acceptors (Lipinski definition) is 2. The third-order valence-corrected chi connectivity index (χ3v) is 4.06. The molecule has 2 nitrogen and oxygen atoms in total. The van der Waals surface area contributed by atoms with Crippen LogP contribution < -0.4 is 4.90 Å². The van der Waals surface area contributed by atoms with Crippen molar-refractivity contribution in [2.45, 2.75) is 25.8 Å². The van der Waals surface area contributed by atoms with Gasteiger partial charge < -0.3 is 4.90 Å². The van der Waals surface area contributed by atoms with Gasteiger partial charge in [-0.3, -0.25) is 0 Å². The van der Waals surface area contributed by atoms with Crippen molar-refractivity contribution in [1.82, 2.24) is 0 Å². The molecule has 2 rings (SSSR count). The monoisotopic (exact) mass is 278 g/mol. The largest absolute Gasteiger partial charge is 0.371 e. The van der Waals surface area contributed by atoms with Gasteiger partial charge in [0.15, 0.2) is 0 Å². The van der Waals surface area contributed by atoms with Gasteiger partial charge in [-0.15, -0.1) is 0 Å². The van der Waals surface area contributed by atoms with Gasteiger partial charge in [0.05, 0.1) is 11.3 Å². The fourth-order valence-electron chi connectivity index (χ4n) is 2.03. The van der Waals surface area contributed by atoms with E-state index in [1.54, 1.807) is 0 Å². The molecule has 0 aliphatic heterocycles. The lowest BCUT2D eigenvalue weighted by Gasteiger charge is -2.28. The van der Waals surface area contributed by atoms with Crippen LogP contribution in [0.1, 0.15) is 25.3 Å². The van der Waals surface area contributed by atoms with Crippen LogP contribution in [-0.4, -0.2) is 13.1 Å². The number of rotatable bonds is 3. The zero-order valence-electron chi connectivity index (χ0n) is 9.57. The summed E-state index contributed by atoms with van der Waals surface area (Å²) in [7, 11) is 2.08. The highest BCUT2D eigenvalue weighted by Gasteiger charge is 2.31. The molecule has 1 aromatic carbocycles. The maximum atomic E-state index is 9.18. The Morgan fingerprint density at radius 3 is 2.75 bits per heavy atom. The Bertz CT molecular complexity index is 432. The molecule has 1 unspecified atom stereocenters. The maximum Gasteiger partial charge on any atom is 0.103 e. The molecule has 0 saturated heterocycles. The first kappa shape index (κ1) is 11.5. The summed E-state index contributed by atoms with van der Waals surface area (Å²) in [5, 5.41) is 9.18. The zero-order valence-corrected chi connectivity index (χ0v) is 11.2. The Balaban J connectivity index is 2.32. The summed E-state index contributed by atoms with van der Waals surface area (Å²) >= 11 is 3.43. The number of anilines is 1. The molecule has 0 amide bonds. The molecule has 1 saturated carbocycles. The van der Waals surface area contributed by atoms with Crippen molar-refractivity contribution in [3.8, 4) is 6.07 Å². The molecule has 0 spiro atoms. The van der Waals surface area contributed by atoms with E-state index in [2.05, 4.69) is 40.9 Å². The Labute approximate surface area is 105 Å². The van der Waals surface area contributed by atoms with Gasteiger partial charge in [-0.2, -0.15) is 5.26 Å². The molecule has 0 heterocycles. The average Bonchev–Trinajstić information content (AvgIpc) is 3.10. The summed E-state index contributed by atoms with van der Waals surface area (Å²) in [6.07, 6.45) is 2.64. The van der Waals surface area contributed by atoms with E-state index in [9.17, 15) is 5.26 Å². The van der Waals surface area contributed by atoms with Gasteiger partial charge in [-0.05, 0) is 53.7 Å². The molecule has 1 atom stereocenters. The van der Waals surface area contributed by atoms with E-state index in [1.165, 1.54) is 12.8 Å². The zero-order chi connectivity index (χ0) is 11.7. The van der Waals surface area contributed by atoms with Crippen LogP contribution in [0.3, 0.4) is 0 Å². The van der Waals surface area contributed by atoms with Gasteiger partial charge in [0, 0.05) is 17.6 Å². The summed E-state index contributed by atoms with van der Waals surface area (Å²) in [6.45, 7) is 2.24. The average molecular weight is 279 g/mol. The van der Waals surface area contributed by atoms with Crippen LogP contribution in [-0.2, 0) is 0 Å². The van der Waals surface area contributed by atoms with Crippen molar-refractivity contribution in [1.29, 1.82) is 5.26 Å². The van der Waals surface area contributed by atoms with Crippen LogP contribution in [0.2, 0.25) is 0 Å². The van der Waals surface area contributed by atoms with Crippen molar-refractivity contribution < 1.29 is 0 Å². The third-order valence-electron chi connectivity index (χ3n) is 3.40. The number of hydrogen-bond donors (Lipinski definition) is 0. The quantitative estimate of drug-likeness (QED) is 0.846. The van der Waals surface area contributed by atoms with E-state index in [-0.39, 0.29) is 0 Å². The van der Waals surface area contributed by atoms with Crippen LogP contribution in [0, 0.1) is 17.2 Å². The summed E-state index contributed by atoms with van der Waals surface area (Å²) in [4.78, 5) is 2.22. The molecule has 84 valence electrons. The fourth-order valence-corrected chi connectivity index (χ4v) is 2.48. The van der Waals surface area contributed by atoms with E-state index >= 15 is 0 Å². The van der Waals surface area contributed by atoms with Crippen molar-refractivity contribution in [3.63, 3.8) is 0 Å². The molecule has 0 N–H and O–H groups in total. The van der Waals surface area contributed by atoms with Crippen LogP contribution in [0.5, 0.6) is 0 Å². The molecule has 1 aliphatic carbocycles. The Morgan fingerprint density at radius 2 is 2.19 bits per heavy atom. The van der Waals surface area contributed by atoms with E-state index in [0.29, 0.717) is 6.04 Å². The minimum Gasteiger partial charge on any atom is -0.371 e. The van der Waals surface area contributed by atoms with Gasteiger partial charge in [0.1, 0.15) is 6.07 Å². The summed E-state index contributed by atoms with van der Waals surface area (Å²) in [5.41, 5.74) is 1.76. The molecule has 16 heavy (non-hydrogen) atoms. The highest BCUT2D eigenvalue weighted by molar-refractivity contribution is 9.10. The molecule has 1 aromatic rings. The smallest absolute Gasteiger partial charge is 0.103 e. The first-order valence-electron chi connectivity index (χ1n) is 5.56. The van der Waals surface area contributed by atoms with Crippen molar-refractivity contribution in [3.05, 3.63) is 28.2 Å². The normalized spacial score (nSPS) is 16.6. The van der Waals surface area contributed by atoms with Crippen LogP contribution in [0.25, 0.3) is 0 Å². The Hall–Kier alpha value is -1.01. The summed E-state index contributed by atoms with van der Waals surface area (Å²) in [5.74, 6) is 0.801. The lowest BCUT2D eigenvalue weighted by Crippen LogP contribution is -2.31. The van der Waals surface area contributed by atoms with E-state index in [4.69, 9.17) is 0 Å². The van der Waals surface area contributed by atoms with E-state index in [1.807, 2.05) is 18.2 Å². The maximum absolute atomic E-state index is 9.18. The molecule has 1 fully saturated rings. The van der Waals surface area contributed by atoms with Crippen LogP contribution >= 0.6 is 15.9 Å². The SMILES string of the molecule is CC(C1CC1)N(C)c1cccc(Br)c1C#N. The molecular formula is C13H15BrN2.